The van der Waals surface area contributed by atoms with E-state index >= 15 is 0 Å². The van der Waals surface area contributed by atoms with E-state index in [9.17, 15) is 9.59 Å². The first-order chi connectivity index (χ1) is 7.06. The van der Waals surface area contributed by atoms with Crippen LogP contribution in [0, 0.1) is 13.8 Å². The van der Waals surface area contributed by atoms with E-state index in [1.165, 1.54) is 15.3 Å². The minimum Gasteiger partial charge on any atom is -0.310 e. The molecule has 0 aliphatic carbocycles. The predicted molar refractivity (Wildman–Crippen MR) is 57.7 cm³/mol. The van der Waals surface area contributed by atoms with Gasteiger partial charge in [0.15, 0.2) is 0 Å². The summed E-state index contributed by atoms with van der Waals surface area (Å²) < 4.78 is 0. The van der Waals surface area contributed by atoms with Crippen molar-refractivity contribution in [3.63, 3.8) is 0 Å². The minimum atomic E-state index is -0.288. The molecule has 4 nitrogen and oxygen atoms in total. The van der Waals surface area contributed by atoms with Crippen LogP contribution in [0.4, 0.5) is 4.79 Å². The number of carbonyl (C=O) groups is 2. The second-order valence-corrected chi connectivity index (χ2v) is 5.00. The zero-order chi connectivity index (χ0) is 11.0. The summed E-state index contributed by atoms with van der Waals surface area (Å²) in [5.41, 5.74) is 1.24. The average molecular weight is 224 g/mol. The maximum atomic E-state index is 11.3. The molecule has 1 aromatic heterocycles. The molecule has 1 fully saturated rings. The lowest BCUT2D eigenvalue weighted by Crippen LogP contribution is -2.27. The van der Waals surface area contributed by atoms with Crippen LogP contribution >= 0.6 is 11.3 Å². The smallest absolute Gasteiger partial charge is 0.310 e. The number of amides is 3. The van der Waals surface area contributed by atoms with Crippen LogP contribution in [0.5, 0.6) is 0 Å². The molecule has 0 radical (unpaired) electrons. The molecule has 5 heteroatoms. The highest BCUT2D eigenvalue weighted by atomic mass is 32.1. The van der Waals surface area contributed by atoms with E-state index in [0.29, 0.717) is 6.54 Å². The van der Waals surface area contributed by atoms with Crippen LogP contribution in [0.25, 0.3) is 0 Å². The molecule has 3 amide bonds. The van der Waals surface area contributed by atoms with Gasteiger partial charge < -0.3 is 4.90 Å². The Hall–Kier alpha value is -1.36. The molecule has 2 rings (SSSR count). The highest BCUT2D eigenvalue weighted by Gasteiger charge is 2.26. The third kappa shape index (κ3) is 2.02. The molecule has 2 heterocycles. The van der Waals surface area contributed by atoms with Crippen molar-refractivity contribution in [2.45, 2.75) is 20.4 Å². The molecule has 1 aliphatic rings. The van der Waals surface area contributed by atoms with Gasteiger partial charge >= 0.3 is 6.03 Å². The van der Waals surface area contributed by atoms with Crippen LogP contribution in [-0.4, -0.2) is 23.4 Å². The molecule has 0 spiro atoms. The van der Waals surface area contributed by atoms with Crippen molar-refractivity contribution in [1.29, 1.82) is 0 Å². The van der Waals surface area contributed by atoms with Crippen molar-refractivity contribution >= 4 is 23.3 Å². The van der Waals surface area contributed by atoms with Crippen LogP contribution in [-0.2, 0) is 11.3 Å². The highest BCUT2D eigenvalue weighted by molar-refractivity contribution is 7.12. The Balaban J connectivity index is 2.09. The Kier molecular flexibility index (Phi) is 2.48. The molecule has 0 bridgehead atoms. The first-order valence-corrected chi connectivity index (χ1v) is 5.52. The van der Waals surface area contributed by atoms with Gasteiger partial charge in [-0.25, -0.2) is 4.79 Å². The van der Waals surface area contributed by atoms with E-state index in [0.717, 1.165) is 4.88 Å². The number of carbonyl (C=O) groups excluding carboxylic acids is 2. The number of rotatable bonds is 2. The summed E-state index contributed by atoms with van der Waals surface area (Å²) in [6, 6.07) is 1.78. The van der Waals surface area contributed by atoms with Crippen LogP contribution in [0.15, 0.2) is 6.07 Å². The van der Waals surface area contributed by atoms with Gasteiger partial charge in [0.05, 0.1) is 6.54 Å². The van der Waals surface area contributed by atoms with Crippen LogP contribution in [0.2, 0.25) is 0 Å². The van der Waals surface area contributed by atoms with Crippen LogP contribution in [0.1, 0.15) is 15.3 Å². The number of aryl methyl sites for hydroxylation is 2. The van der Waals surface area contributed by atoms with Crippen molar-refractivity contribution in [3.05, 3.63) is 21.4 Å². The lowest BCUT2D eigenvalue weighted by Gasteiger charge is -2.10. The van der Waals surface area contributed by atoms with E-state index in [1.54, 1.807) is 11.3 Å². The summed E-state index contributed by atoms with van der Waals surface area (Å²) in [5, 5.41) is 2.26. The highest BCUT2D eigenvalue weighted by Crippen LogP contribution is 2.22. The number of nitrogens with zero attached hydrogens (tertiary/aromatic N) is 1. The molecule has 0 unspecified atom stereocenters. The second-order valence-electron chi connectivity index (χ2n) is 3.66. The molecule has 80 valence electrons. The fourth-order valence-corrected chi connectivity index (χ4v) is 2.60. The molecule has 0 atom stereocenters. The quantitative estimate of drug-likeness (QED) is 0.772. The van der Waals surface area contributed by atoms with E-state index in [2.05, 4.69) is 18.3 Å². The van der Waals surface area contributed by atoms with Gasteiger partial charge in [-0.3, -0.25) is 10.1 Å². The van der Waals surface area contributed by atoms with Crippen molar-refractivity contribution in [2.24, 2.45) is 0 Å². The topological polar surface area (TPSA) is 49.4 Å². The Morgan fingerprint density at radius 2 is 2.20 bits per heavy atom. The van der Waals surface area contributed by atoms with Crippen molar-refractivity contribution in [1.82, 2.24) is 10.2 Å². The maximum Gasteiger partial charge on any atom is 0.324 e. The van der Waals surface area contributed by atoms with E-state index < -0.39 is 0 Å². The van der Waals surface area contributed by atoms with Gasteiger partial charge in [-0.1, -0.05) is 0 Å². The molecule has 15 heavy (non-hydrogen) atoms. The van der Waals surface area contributed by atoms with E-state index in [4.69, 9.17) is 0 Å². The number of nitrogens with one attached hydrogen (secondary N) is 1. The summed E-state index contributed by atoms with van der Waals surface area (Å²) >= 11 is 1.67. The minimum absolute atomic E-state index is 0.175. The lowest BCUT2D eigenvalue weighted by molar-refractivity contribution is -0.118. The van der Waals surface area contributed by atoms with Gasteiger partial charge in [0.25, 0.3) is 0 Å². The van der Waals surface area contributed by atoms with E-state index in [-0.39, 0.29) is 18.5 Å². The normalized spacial score (nSPS) is 16.0. The summed E-state index contributed by atoms with van der Waals surface area (Å²) in [6.45, 7) is 4.80. The maximum absolute atomic E-state index is 11.3. The zero-order valence-electron chi connectivity index (χ0n) is 8.66. The Bertz CT molecular complexity index is 406. The van der Waals surface area contributed by atoms with Gasteiger partial charge in [0.1, 0.15) is 6.54 Å². The Morgan fingerprint density at radius 3 is 2.67 bits per heavy atom. The SMILES string of the molecule is Cc1cc(CN2CC(=O)NC2=O)sc1C. The molecular weight excluding hydrogens is 212 g/mol. The summed E-state index contributed by atoms with van der Waals surface area (Å²) in [4.78, 5) is 26.1. The van der Waals surface area contributed by atoms with Gasteiger partial charge in [-0.05, 0) is 25.5 Å². The lowest BCUT2D eigenvalue weighted by atomic mass is 10.3. The van der Waals surface area contributed by atoms with Crippen molar-refractivity contribution < 1.29 is 9.59 Å². The number of hydrogen-bond acceptors (Lipinski definition) is 3. The number of urea groups is 1. The van der Waals surface area contributed by atoms with Crippen molar-refractivity contribution in [2.75, 3.05) is 6.54 Å². The average Bonchev–Trinajstić information content (AvgIpc) is 2.59. The standard InChI is InChI=1S/C10H12N2O2S/c1-6-3-8(15-7(6)2)4-12-5-9(13)11-10(12)14/h3H,4-5H2,1-2H3,(H,11,13,14). The first-order valence-electron chi connectivity index (χ1n) is 4.71. The van der Waals surface area contributed by atoms with Crippen LogP contribution < -0.4 is 5.32 Å². The molecule has 0 saturated carbocycles. The number of imide groups is 1. The zero-order valence-corrected chi connectivity index (χ0v) is 9.48. The Morgan fingerprint density at radius 1 is 1.47 bits per heavy atom. The van der Waals surface area contributed by atoms with Gasteiger partial charge in [-0.15, -0.1) is 11.3 Å². The largest absolute Gasteiger partial charge is 0.324 e. The molecule has 1 saturated heterocycles. The Labute approximate surface area is 91.9 Å². The molecule has 1 N–H and O–H groups in total. The molecule has 1 aromatic rings. The van der Waals surface area contributed by atoms with Gasteiger partial charge in [0.2, 0.25) is 5.91 Å². The number of thiophene rings is 1. The van der Waals surface area contributed by atoms with Gasteiger partial charge in [0, 0.05) is 9.75 Å². The third-order valence-electron chi connectivity index (χ3n) is 2.43. The number of hydrogen-bond donors (Lipinski definition) is 1. The fourth-order valence-electron chi connectivity index (χ4n) is 1.53. The molecular formula is C10H12N2O2S. The van der Waals surface area contributed by atoms with Crippen molar-refractivity contribution in [3.8, 4) is 0 Å². The molecule has 0 aromatic carbocycles. The fraction of sp³-hybridized carbons (Fsp3) is 0.400. The van der Waals surface area contributed by atoms with Gasteiger partial charge in [-0.2, -0.15) is 0 Å². The summed E-state index contributed by atoms with van der Waals surface area (Å²) in [5.74, 6) is -0.218. The summed E-state index contributed by atoms with van der Waals surface area (Å²) in [7, 11) is 0. The monoisotopic (exact) mass is 224 g/mol. The van der Waals surface area contributed by atoms with Crippen LogP contribution in [0.3, 0.4) is 0 Å². The third-order valence-corrected chi connectivity index (χ3v) is 3.57. The van der Waals surface area contributed by atoms with E-state index in [1.807, 2.05) is 6.92 Å². The summed E-state index contributed by atoms with van der Waals surface area (Å²) in [6.07, 6.45) is 0. The second kappa shape index (κ2) is 3.66. The molecule has 1 aliphatic heterocycles. The first kappa shape index (κ1) is 10.2. The predicted octanol–water partition coefficient (Wildman–Crippen LogP) is 1.42.